The number of nitro benzene ring substituents is 1. The Hall–Kier alpha value is -2.21. The second kappa shape index (κ2) is 7.37. The summed E-state index contributed by atoms with van der Waals surface area (Å²) in [5, 5.41) is 14.9. The summed E-state index contributed by atoms with van der Waals surface area (Å²) >= 11 is 0. The molecule has 1 aliphatic heterocycles. The van der Waals surface area contributed by atoms with Crippen LogP contribution in [0.4, 0.5) is 5.69 Å². The molecule has 6 nitrogen and oxygen atoms in total. The lowest BCUT2D eigenvalue weighted by atomic mass is 9.96. The normalized spacial score (nSPS) is 16.5. The quantitative estimate of drug-likeness (QED) is 0.607. The number of benzene rings is 1. The van der Waals surface area contributed by atoms with Crippen LogP contribution < -0.4 is 0 Å². The van der Waals surface area contributed by atoms with Gasteiger partial charge >= 0.3 is 0 Å². The highest BCUT2D eigenvalue weighted by Gasteiger charge is 2.19. The molecule has 1 aromatic carbocycles. The van der Waals surface area contributed by atoms with Gasteiger partial charge in [-0.05, 0) is 49.9 Å². The van der Waals surface area contributed by atoms with Crippen molar-refractivity contribution in [3.63, 3.8) is 0 Å². The Morgan fingerprint density at radius 2 is 1.96 bits per heavy atom. The lowest BCUT2D eigenvalue weighted by Crippen LogP contribution is -2.36. The van der Waals surface area contributed by atoms with Gasteiger partial charge in [-0.25, -0.2) is 0 Å². The van der Waals surface area contributed by atoms with Crippen molar-refractivity contribution in [3.05, 3.63) is 58.4 Å². The molecule has 2 heterocycles. The van der Waals surface area contributed by atoms with Gasteiger partial charge in [-0.1, -0.05) is 12.1 Å². The molecule has 1 aliphatic rings. The van der Waals surface area contributed by atoms with Crippen molar-refractivity contribution in [1.82, 2.24) is 14.7 Å². The zero-order valence-corrected chi connectivity index (χ0v) is 13.2. The average Bonchev–Trinajstić information content (AvgIpc) is 3.07. The van der Waals surface area contributed by atoms with Crippen LogP contribution in [-0.4, -0.2) is 39.2 Å². The maximum atomic E-state index is 10.7. The summed E-state index contributed by atoms with van der Waals surface area (Å²) in [5.41, 5.74) is 1.32. The van der Waals surface area contributed by atoms with Gasteiger partial charge in [-0.3, -0.25) is 14.8 Å². The van der Waals surface area contributed by atoms with Crippen LogP contribution >= 0.6 is 0 Å². The Labute approximate surface area is 135 Å². The maximum Gasteiger partial charge on any atom is 0.269 e. The number of nitrogens with zero attached hydrogens (tertiary/aromatic N) is 4. The van der Waals surface area contributed by atoms with Gasteiger partial charge in [-0.2, -0.15) is 5.10 Å². The Kier molecular flexibility index (Phi) is 5.02. The number of hydrogen-bond acceptors (Lipinski definition) is 4. The van der Waals surface area contributed by atoms with E-state index in [9.17, 15) is 10.1 Å². The molecular formula is C17H22N4O2. The molecule has 0 amide bonds. The van der Waals surface area contributed by atoms with Gasteiger partial charge in [0.2, 0.25) is 0 Å². The largest absolute Gasteiger partial charge is 0.303 e. The van der Waals surface area contributed by atoms with Crippen LogP contribution in [0.15, 0.2) is 42.7 Å². The van der Waals surface area contributed by atoms with Gasteiger partial charge in [-0.15, -0.1) is 0 Å². The average molecular weight is 314 g/mol. The van der Waals surface area contributed by atoms with Crippen molar-refractivity contribution < 1.29 is 4.92 Å². The molecule has 0 N–H and O–H groups in total. The summed E-state index contributed by atoms with van der Waals surface area (Å²) in [4.78, 5) is 12.8. The first-order chi connectivity index (χ1) is 11.2. The molecule has 0 unspecified atom stereocenters. The highest BCUT2D eigenvalue weighted by Crippen LogP contribution is 2.19. The summed E-state index contributed by atoms with van der Waals surface area (Å²) in [6.07, 6.45) is 7.22. The number of non-ortho nitro benzene ring substituents is 1. The second-order valence-electron chi connectivity index (χ2n) is 6.19. The molecule has 6 heteroatoms. The van der Waals surface area contributed by atoms with Gasteiger partial charge < -0.3 is 4.90 Å². The predicted octanol–water partition coefficient (Wildman–Crippen LogP) is 2.75. The van der Waals surface area contributed by atoms with Crippen LogP contribution in [0.25, 0.3) is 0 Å². The zero-order chi connectivity index (χ0) is 16.1. The van der Waals surface area contributed by atoms with Crippen molar-refractivity contribution in [2.75, 3.05) is 19.6 Å². The molecule has 1 saturated heterocycles. The van der Waals surface area contributed by atoms with E-state index in [-0.39, 0.29) is 10.6 Å². The molecule has 0 spiro atoms. The first kappa shape index (κ1) is 15.7. The number of aromatic nitrogens is 2. The fraction of sp³-hybridized carbons (Fsp3) is 0.471. The highest BCUT2D eigenvalue weighted by molar-refractivity contribution is 5.32. The van der Waals surface area contributed by atoms with Crippen LogP contribution in [-0.2, 0) is 13.0 Å². The first-order valence-electron chi connectivity index (χ1n) is 8.14. The fourth-order valence-corrected chi connectivity index (χ4v) is 3.14. The lowest BCUT2D eigenvalue weighted by molar-refractivity contribution is -0.384. The number of piperidine rings is 1. The maximum absolute atomic E-state index is 10.7. The Balaban J connectivity index is 1.41. The summed E-state index contributed by atoms with van der Waals surface area (Å²) in [5.74, 6) is 0.713. The Morgan fingerprint density at radius 1 is 1.22 bits per heavy atom. The molecule has 0 saturated carbocycles. The molecule has 3 rings (SSSR count). The molecule has 2 aromatic rings. The highest BCUT2D eigenvalue weighted by atomic mass is 16.6. The van der Waals surface area contributed by atoms with Gasteiger partial charge in [0, 0.05) is 37.6 Å². The molecular weight excluding hydrogens is 292 g/mol. The van der Waals surface area contributed by atoms with Crippen LogP contribution in [0.2, 0.25) is 0 Å². The first-order valence-corrected chi connectivity index (χ1v) is 8.14. The zero-order valence-electron chi connectivity index (χ0n) is 13.2. The standard InChI is InChI=1S/C17H22N4O2/c22-21(23)17-4-2-15(3-5-17)6-11-19-12-7-16(8-13-19)14-20-10-1-9-18-20/h1-5,9-10,16H,6-8,11-14H2. The van der Waals surface area contributed by atoms with E-state index in [0.717, 1.165) is 38.2 Å². The van der Waals surface area contributed by atoms with Gasteiger partial charge in [0.1, 0.15) is 0 Å². The van der Waals surface area contributed by atoms with Crippen molar-refractivity contribution in [1.29, 1.82) is 0 Å². The molecule has 0 aliphatic carbocycles. The molecule has 0 atom stereocenters. The lowest BCUT2D eigenvalue weighted by Gasteiger charge is -2.31. The van der Waals surface area contributed by atoms with Crippen LogP contribution in [0.5, 0.6) is 0 Å². The second-order valence-corrected chi connectivity index (χ2v) is 6.19. The van der Waals surface area contributed by atoms with Crippen molar-refractivity contribution in [3.8, 4) is 0 Å². The summed E-state index contributed by atoms with van der Waals surface area (Å²) in [7, 11) is 0. The third-order valence-corrected chi connectivity index (χ3v) is 4.58. The van der Waals surface area contributed by atoms with Crippen LogP contribution in [0, 0.1) is 16.0 Å². The van der Waals surface area contributed by atoms with Crippen molar-refractivity contribution >= 4 is 5.69 Å². The summed E-state index contributed by atoms with van der Waals surface area (Å²) in [6.45, 7) is 4.29. The number of likely N-dealkylation sites (tertiary alicyclic amines) is 1. The van der Waals surface area contributed by atoms with E-state index in [1.165, 1.54) is 12.8 Å². The Bertz CT molecular complexity index is 617. The van der Waals surface area contributed by atoms with Crippen molar-refractivity contribution in [2.45, 2.75) is 25.8 Å². The van der Waals surface area contributed by atoms with E-state index >= 15 is 0 Å². The molecule has 23 heavy (non-hydrogen) atoms. The van der Waals surface area contributed by atoms with E-state index < -0.39 is 0 Å². The molecule has 1 fully saturated rings. The predicted molar refractivity (Wildman–Crippen MR) is 88.2 cm³/mol. The van der Waals surface area contributed by atoms with E-state index in [2.05, 4.69) is 10.00 Å². The third-order valence-electron chi connectivity index (χ3n) is 4.58. The minimum atomic E-state index is -0.353. The van der Waals surface area contributed by atoms with E-state index in [0.29, 0.717) is 5.92 Å². The van der Waals surface area contributed by atoms with E-state index in [4.69, 9.17) is 0 Å². The van der Waals surface area contributed by atoms with Crippen LogP contribution in [0.3, 0.4) is 0 Å². The SMILES string of the molecule is O=[N+]([O-])c1ccc(CCN2CCC(Cn3cccn3)CC2)cc1. The van der Waals surface area contributed by atoms with E-state index in [1.54, 1.807) is 12.1 Å². The van der Waals surface area contributed by atoms with Crippen LogP contribution in [0.1, 0.15) is 18.4 Å². The molecule has 0 radical (unpaired) electrons. The molecule has 0 bridgehead atoms. The van der Waals surface area contributed by atoms with Gasteiger partial charge in [0.15, 0.2) is 0 Å². The summed E-state index contributed by atoms with van der Waals surface area (Å²) < 4.78 is 2.03. The molecule has 122 valence electrons. The summed E-state index contributed by atoms with van der Waals surface area (Å²) in [6, 6.07) is 8.88. The fourth-order valence-electron chi connectivity index (χ4n) is 3.14. The number of rotatable bonds is 6. The van der Waals surface area contributed by atoms with Gasteiger partial charge in [0.25, 0.3) is 5.69 Å². The minimum absolute atomic E-state index is 0.160. The Morgan fingerprint density at radius 3 is 2.57 bits per heavy atom. The van der Waals surface area contributed by atoms with Gasteiger partial charge in [0.05, 0.1) is 4.92 Å². The third kappa shape index (κ3) is 4.39. The molecule has 1 aromatic heterocycles. The topological polar surface area (TPSA) is 64.2 Å². The number of hydrogen-bond donors (Lipinski definition) is 0. The van der Waals surface area contributed by atoms with E-state index in [1.807, 2.05) is 35.3 Å². The number of nitro groups is 1. The van der Waals surface area contributed by atoms with Crippen molar-refractivity contribution in [2.24, 2.45) is 5.92 Å². The smallest absolute Gasteiger partial charge is 0.269 e. The minimum Gasteiger partial charge on any atom is -0.303 e. The monoisotopic (exact) mass is 314 g/mol.